The number of nitrogens with one attached hydrogen (secondary N) is 1. The predicted octanol–water partition coefficient (Wildman–Crippen LogP) is 9.99. The summed E-state index contributed by atoms with van der Waals surface area (Å²) < 4.78 is 61.8. The van der Waals surface area contributed by atoms with Gasteiger partial charge in [0.2, 0.25) is 0 Å². The van der Waals surface area contributed by atoms with Gasteiger partial charge in [-0.25, -0.2) is 0 Å². The summed E-state index contributed by atoms with van der Waals surface area (Å²) in [7, 11) is 13.3. The summed E-state index contributed by atoms with van der Waals surface area (Å²) in [5.74, 6) is 6.38. The van der Waals surface area contributed by atoms with Crippen LogP contribution in [-0.2, 0) is 36.9 Å². The number of pyridine rings is 1. The van der Waals surface area contributed by atoms with Crippen molar-refractivity contribution in [3.8, 4) is 57.5 Å². The zero-order valence-corrected chi connectivity index (χ0v) is 43.7. The first-order valence-electron chi connectivity index (χ1n) is 24.7. The number of carbonyl (C=O) groups is 1. The van der Waals surface area contributed by atoms with E-state index in [4.69, 9.17) is 47.4 Å². The largest absolute Gasteiger partial charge is 0.496 e. The van der Waals surface area contributed by atoms with E-state index in [1.54, 1.807) is 69.3 Å². The smallest absolute Gasteiger partial charge is 0.257 e. The Morgan fingerprint density at radius 1 is 0.507 bits per heavy atom. The number of methoxy groups -OCH3 is 8. The van der Waals surface area contributed by atoms with Gasteiger partial charge < -0.3 is 52.7 Å². The van der Waals surface area contributed by atoms with Gasteiger partial charge in [-0.3, -0.25) is 14.8 Å². The van der Waals surface area contributed by atoms with Crippen LogP contribution in [0, 0.1) is 0 Å². The van der Waals surface area contributed by atoms with Gasteiger partial charge in [-0.1, -0.05) is 19.4 Å². The Bertz CT molecular complexity index is 2850. The molecule has 0 saturated heterocycles. The summed E-state index contributed by atoms with van der Waals surface area (Å²) in [5.41, 5.74) is 9.68. The second-order valence-electron chi connectivity index (χ2n) is 17.7. The molecule has 1 N–H and O–H groups in total. The zero-order chi connectivity index (χ0) is 51.7. The Hall–Kier alpha value is -7.61. The maximum absolute atomic E-state index is 13.5. The lowest BCUT2D eigenvalue weighted by atomic mass is 9.94. The molecule has 386 valence electrons. The molecular formula is C59H69N3O11. The van der Waals surface area contributed by atoms with E-state index in [0.717, 1.165) is 86.9 Å². The van der Waals surface area contributed by atoms with E-state index in [2.05, 4.69) is 22.2 Å². The highest BCUT2D eigenvalue weighted by Gasteiger charge is 2.24. The normalized spacial score (nSPS) is 12.1. The Kier molecular flexibility index (Phi) is 19.1. The van der Waals surface area contributed by atoms with E-state index < -0.39 is 0 Å². The molecule has 0 fully saturated rings. The minimum Gasteiger partial charge on any atom is -0.496 e. The summed E-state index contributed by atoms with van der Waals surface area (Å²) in [4.78, 5) is 22.1. The summed E-state index contributed by atoms with van der Waals surface area (Å²) in [5, 5.41) is 3.03. The van der Waals surface area contributed by atoms with Crippen molar-refractivity contribution < 1.29 is 52.2 Å². The maximum Gasteiger partial charge on any atom is 0.257 e. The number of unbranched alkanes of at least 4 members (excludes halogenated alkanes) is 2. The molecule has 1 aromatic heterocycles. The first-order valence-corrected chi connectivity index (χ1v) is 24.7. The third-order valence-corrected chi connectivity index (χ3v) is 13.0. The fourth-order valence-electron chi connectivity index (χ4n) is 9.12. The molecule has 10 aliphatic rings. The molecule has 0 saturated carbocycles. The SMILES string of the molecule is CCCCOc1cc2c(OCC(=O)NCCCCN=Cc3cccnc3)cc1Cc1cc(OC)c(cc1OC)Cc1cc(OC)c(cc1OC)Cc1cc(OC)c(cc1OC)Cc1cc(OC)c(cc1OC)C2. The molecule has 10 bridgehead atoms. The second-order valence-corrected chi connectivity index (χ2v) is 17.7. The number of amides is 1. The van der Waals surface area contributed by atoms with Crippen molar-refractivity contribution >= 4 is 12.1 Å². The first-order chi connectivity index (χ1) is 35.6. The average molecular weight is 996 g/mol. The lowest BCUT2D eigenvalue weighted by molar-refractivity contribution is -0.123. The molecule has 0 radical (unpaired) electrons. The van der Waals surface area contributed by atoms with Gasteiger partial charge >= 0.3 is 0 Å². The zero-order valence-electron chi connectivity index (χ0n) is 43.7. The van der Waals surface area contributed by atoms with Crippen LogP contribution in [0.15, 0.2) is 90.2 Å². The quantitative estimate of drug-likeness (QED) is 0.0540. The number of aliphatic imine (C=N–C) groups is 1. The van der Waals surface area contributed by atoms with E-state index >= 15 is 0 Å². The van der Waals surface area contributed by atoms with Gasteiger partial charge in [0.1, 0.15) is 57.5 Å². The number of hydrogen-bond donors (Lipinski definition) is 1. The number of benzene rings is 5. The Labute approximate surface area is 429 Å². The number of hydrogen-bond acceptors (Lipinski definition) is 13. The highest BCUT2D eigenvalue weighted by Crippen LogP contribution is 2.42. The van der Waals surface area contributed by atoms with Crippen molar-refractivity contribution in [2.75, 3.05) is 83.2 Å². The van der Waals surface area contributed by atoms with Gasteiger partial charge in [-0.15, -0.1) is 0 Å². The number of aromatic nitrogens is 1. The van der Waals surface area contributed by atoms with Crippen molar-refractivity contribution in [2.24, 2.45) is 4.99 Å². The van der Waals surface area contributed by atoms with Crippen molar-refractivity contribution in [1.82, 2.24) is 10.3 Å². The molecule has 1 amide bonds. The van der Waals surface area contributed by atoms with Gasteiger partial charge in [0.05, 0.1) is 63.5 Å². The van der Waals surface area contributed by atoms with Crippen LogP contribution in [0.5, 0.6) is 57.5 Å². The van der Waals surface area contributed by atoms with Crippen LogP contribution in [0.4, 0.5) is 0 Å². The number of rotatable bonds is 21. The van der Waals surface area contributed by atoms with Crippen LogP contribution in [0.25, 0.3) is 0 Å². The van der Waals surface area contributed by atoms with Crippen molar-refractivity contribution in [1.29, 1.82) is 0 Å². The van der Waals surface area contributed by atoms with Gasteiger partial charge in [0, 0.05) is 125 Å². The van der Waals surface area contributed by atoms with Gasteiger partial charge in [0.25, 0.3) is 5.91 Å². The highest BCUT2D eigenvalue weighted by molar-refractivity contribution is 5.79. The van der Waals surface area contributed by atoms with E-state index in [9.17, 15) is 4.79 Å². The van der Waals surface area contributed by atoms with Crippen molar-refractivity contribution in [3.05, 3.63) is 146 Å². The fraction of sp³-hybridized carbons (Fsp3) is 0.373. The van der Waals surface area contributed by atoms with Crippen LogP contribution < -0.4 is 52.7 Å². The highest BCUT2D eigenvalue weighted by atomic mass is 16.5. The third-order valence-electron chi connectivity index (χ3n) is 13.0. The van der Waals surface area contributed by atoms with Crippen LogP contribution in [-0.4, -0.2) is 100 Å². The molecule has 73 heavy (non-hydrogen) atoms. The Balaban J connectivity index is 1.32. The molecule has 0 atom stereocenters. The van der Waals surface area contributed by atoms with Crippen LogP contribution in [0.3, 0.4) is 0 Å². The van der Waals surface area contributed by atoms with E-state index in [1.165, 1.54) is 0 Å². The topological polar surface area (TPSA) is 147 Å². The molecule has 10 aliphatic carbocycles. The monoisotopic (exact) mass is 995 g/mol. The van der Waals surface area contributed by atoms with E-state index in [1.807, 2.05) is 79.0 Å². The number of ether oxygens (including phenoxy) is 10. The molecule has 16 rings (SSSR count). The first kappa shape index (κ1) is 53.2. The molecule has 0 spiro atoms. The molecule has 14 heteroatoms. The lowest BCUT2D eigenvalue weighted by Gasteiger charge is -2.21. The summed E-state index contributed by atoms with van der Waals surface area (Å²) >= 11 is 0. The molecule has 5 aromatic carbocycles. The molecule has 1 heterocycles. The minimum absolute atomic E-state index is 0.202. The van der Waals surface area contributed by atoms with Gasteiger partial charge in [-0.05, 0) is 86.0 Å². The number of nitrogens with zero attached hydrogens (tertiary/aromatic N) is 2. The van der Waals surface area contributed by atoms with Crippen molar-refractivity contribution in [3.63, 3.8) is 0 Å². The van der Waals surface area contributed by atoms with Crippen molar-refractivity contribution in [2.45, 2.75) is 64.7 Å². The standard InChI is InChI=1S/C59H69N3O11/c1-10-11-19-72-57-33-48-24-46-32-54(69-7)44(30-56(46)71-9)22-42-28-50(65-3)40(26-52(42)67-5)20-39-25-51(66-4)41(27-49(39)64-2)21-43-29-55(70-8)45(31-53(43)68-6)23-47(57)34-58(48)73-37-59(63)62-18-13-12-16-60-35-38-15-14-17-61-36-38/h14-15,17,25-36H,10-13,16,18-24,37H2,1-9H3,(H,62,63). The predicted molar refractivity (Wildman–Crippen MR) is 283 cm³/mol. The average Bonchev–Trinajstić information content (AvgIpc) is 3.41. The number of carbonyl (C=O) groups excluding carboxylic acids is 1. The van der Waals surface area contributed by atoms with E-state index in [0.29, 0.717) is 109 Å². The fourth-order valence-corrected chi connectivity index (χ4v) is 9.12. The molecule has 0 aliphatic heterocycles. The maximum atomic E-state index is 13.5. The summed E-state index contributed by atoms with van der Waals surface area (Å²) in [6, 6.07) is 23.9. The minimum atomic E-state index is -0.237. The Morgan fingerprint density at radius 3 is 1.21 bits per heavy atom. The van der Waals surface area contributed by atoms with E-state index in [-0.39, 0.29) is 12.5 Å². The summed E-state index contributed by atoms with van der Waals surface area (Å²) in [6.07, 6.45) is 10.9. The molecular weight excluding hydrogens is 927 g/mol. The summed E-state index contributed by atoms with van der Waals surface area (Å²) in [6.45, 7) is 3.56. The van der Waals surface area contributed by atoms with Crippen LogP contribution in [0.1, 0.15) is 93.8 Å². The van der Waals surface area contributed by atoms with Crippen LogP contribution >= 0.6 is 0 Å². The molecule has 0 unspecified atom stereocenters. The van der Waals surface area contributed by atoms with Gasteiger partial charge in [-0.2, -0.15) is 0 Å². The third kappa shape index (κ3) is 13.5. The lowest BCUT2D eigenvalue weighted by Crippen LogP contribution is -2.30. The second kappa shape index (κ2) is 26.2. The Morgan fingerprint density at radius 2 is 0.863 bits per heavy atom. The molecule has 14 nitrogen and oxygen atoms in total. The molecule has 6 aromatic rings. The van der Waals surface area contributed by atoms with Crippen LogP contribution in [0.2, 0.25) is 0 Å². The van der Waals surface area contributed by atoms with Gasteiger partial charge in [0.15, 0.2) is 6.61 Å².